The normalized spacial score (nSPS) is 11.8. The predicted molar refractivity (Wildman–Crippen MR) is 61.5 cm³/mol. The molecular weight excluding hydrogens is 206 g/mol. The van der Waals surface area contributed by atoms with E-state index in [4.69, 9.17) is 11.5 Å². The summed E-state index contributed by atoms with van der Waals surface area (Å²) in [6.07, 6.45) is 0.372. The molecule has 1 atom stereocenters. The highest BCUT2D eigenvalue weighted by atomic mass is 16.2. The van der Waals surface area contributed by atoms with Gasteiger partial charge in [0.05, 0.1) is 6.04 Å². The highest BCUT2D eigenvalue weighted by Crippen LogP contribution is 2.06. The number of hydrogen-bond acceptors (Lipinski definition) is 3. The van der Waals surface area contributed by atoms with E-state index in [0.29, 0.717) is 5.69 Å². The van der Waals surface area contributed by atoms with Crippen LogP contribution >= 0.6 is 0 Å². The summed E-state index contributed by atoms with van der Waals surface area (Å²) in [5.74, 6) is -0.768. The van der Waals surface area contributed by atoms with Crippen LogP contribution in [0.5, 0.6) is 0 Å². The number of hydrogen-bond donors (Lipinski definition) is 3. The average molecular weight is 221 g/mol. The van der Waals surface area contributed by atoms with Gasteiger partial charge in [-0.3, -0.25) is 9.59 Å². The van der Waals surface area contributed by atoms with Crippen LogP contribution in [0.4, 0.5) is 5.69 Å². The van der Waals surface area contributed by atoms with E-state index in [2.05, 4.69) is 5.32 Å². The van der Waals surface area contributed by atoms with Gasteiger partial charge in [0.2, 0.25) is 11.8 Å². The third-order valence-electron chi connectivity index (χ3n) is 2.08. The van der Waals surface area contributed by atoms with E-state index in [1.54, 1.807) is 12.1 Å². The summed E-state index contributed by atoms with van der Waals surface area (Å²) < 4.78 is 0. The van der Waals surface area contributed by atoms with Crippen LogP contribution in [0, 0.1) is 0 Å². The van der Waals surface area contributed by atoms with Gasteiger partial charge in [0.1, 0.15) is 0 Å². The fraction of sp³-hybridized carbons (Fsp3) is 0.273. The molecule has 0 aliphatic rings. The quantitative estimate of drug-likeness (QED) is 0.663. The zero-order valence-corrected chi connectivity index (χ0v) is 8.85. The molecule has 2 amide bonds. The van der Waals surface area contributed by atoms with Crippen LogP contribution in [0.1, 0.15) is 12.8 Å². The van der Waals surface area contributed by atoms with Crippen LogP contribution in [0.15, 0.2) is 30.3 Å². The summed E-state index contributed by atoms with van der Waals surface area (Å²) in [5, 5.41) is 2.65. The van der Waals surface area contributed by atoms with Gasteiger partial charge in [-0.2, -0.15) is 0 Å². The van der Waals surface area contributed by atoms with Crippen molar-refractivity contribution in [2.24, 2.45) is 11.5 Å². The molecule has 0 bridgehead atoms. The molecule has 5 nitrogen and oxygen atoms in total. The van der Waals surface area contributed by atoms with Gasteiger partial charge >= 0.3 is 0 Å². The molecule has 0 saturated carbocycles. The lowest BCUT2D eigenvalue weighted by atomic mass is 10.1. The van der Waals surface area contributed by atoms with Crippen molar-refractivity contribution in [3.63, 3.8) is 0 Å². The second kappa shape index (κ2) is 5.87. The van der Waals surface area contributed by atoms with Crippen LogP contribution in [0.25, 0.3) is 0 Å². The monoisotopic (exact) mass is 221 g/mol. The molecular formula is C11H15N3O2. The van der Waals surface area contributed by atoms with Crippen molar-refractivity contribution >= 4 is 17.5 Å². The Labute approximate surface area is 93.8 Å². The van der Waals surface area contributed by atoms with E-state index in [0.717, 1.165) is 0 Å². The lowest BCUT2D eigenvalue weighted by Gasteiger charge is -2.10. The minimum atomic E-state index is -0.715. The molecule has 0 aliphatic carbocycles. The van der Waals surface area contributed by atoms with Crippen molar-refractivity contribution in [1.29, 1.82) is 0 Å². The number of carbonyl (C=O) groups excluding carboxylic acids is 2. The molecule has 5 heteroatoms. The maximum absolute atomic E-state index is 11.5. The number of amides is 2. The van der Waals surface area contributed by atoms with Gasteiger partial charge in [-0.05, 0) is 18.6 Å². The predicted octanol–water partition coefficient (Wildman–Crippen LogP) is 0.218. The molecule has 0 heterocycles. The molecule has 86 valence electrons. The van der Waals surface area contributed by atoms with E-state index in [1.165, 1.54) is 0 Å². The summed E-state index contributed by atoms with van der Waals surface area (Å²) in [6, 6.07) is 8.28. The number of primary amides is 1. The molecule has 1 aromatic carbocycles. The Kier molecular flexibility index (Phi) is 4.47. The zero-order chi connectivity index (χ0) is 12.0. The summed E-state index contributed by atoms with van der Waals surface area (Å²) in [5.41, 5.74) is 11.2. The smallest absolute Gasteiger partial charge is 0.241 e. The average Bonchev–Trinajstić information content (AvgIpc) is 2.27. The fourth-order valence-corrected chi connectivity index (χ4v) is 1.19. The maximum Gasteiger partial charge on any atom is 0.241 e. The van der Waals surface area contributed by atoms with Gasteiger partial charge in [0, 0.05) is 12.1 Å². The lowest BCUT2D eigenvalue weighted by Crippen LogP contribution is -2.36. The molecule has 0 radical (unpaired) electrons. The highest BCUT2D eigenvalue weighted by Gasteiger charge is 2.13. The molecule has 5 N–H and O–H groups in total. The standard InChI is InChI=1S/C11H15N3O2/c12-9(6-7-10(13)15)11(16)14-8-4-2-1-3-5-8/h1-5,9H,6-7,12H2,(H2,13,15)(H,14,16). The van der Waals surface area contributed by atoms with E-state index in [-0.39, 0.29) is 18.7 Å². The Morgan fingerprint density at radius 2 is 1.88 bits per heavy atom. The van der Waals surface area contributed by atoms with Gasteiger partial charge in [-0.1, -0.05) is 18.2 Å². The third kappa shape index (κ3) is 4.10. The summed E-state index contributed by atoms with van der Waals surface area (Å²) >= 11 is 0. The van der Waals surface area contributed by atoms with Gasteiger partial charge in [-0.25, -0.2) is 0 Å². The SMILES string of the molecule is NC(=O)CCC(N)C(=O)Nc1ccccc1. The van der Waals surface area contributed by atoms with Crippen LogP contribution in [-0.4, -0.2) is 17.9 Å². The molecule has 0 aliphatic heterocycles. The van der Waals surface area contributed by atoms with Crippen molar-refractivity contribution < 1.29 is 9.59 Å². The van der Waals surface area contributed by atoms with Crippen LogP contribution in [0.3, 0.4) is 0 Å². The molecule has 0 saturated heterocycles. The minimum Gasteiger partial charge on any atom is -0.370 e. The van der Waals surface area contributed by atoms with E-state index >= 15 is 0 Å². The number of anilines is 1. The largest absolute Gasteiger partial charge is 0.370 e. The summed E-state index contributed by atoms with van der Waals surface area (Å²) in [7, 11) is 0. The first-order valence-corrected chi connectivity index (χ1v) is 4.99. The Morgan fingerprint density at radius 3 is 2.44 bits per heavy atom. The molecule has 1 rings (SSSR count). The molecule has 16 heavy (non-hydrogen) atoms. The Morgan fingerprint density at radius 1 is 1.25 bits per heavy atom. The van der Waals surface area contributed by atoms with Gasteiger partial charge in [0.15, 0.2) is 0 Å². The molecule has 0 fully saturated rings. The van der Waals surface area contributed by atoms with Crippen molar-refractivity contribution in [3.8, 4) is 0 Å². The van der Waals surface area contributed by atoms with E-state index in [1.807, 2.05) is 18.2 Å². The van der Waals surface area contributed by atoms with Gasteiger partial charge in [0.25, 0.3) is 0 Å². The second-order valence-electron chi connectivity index (χ2n) is 3.47. The number of benzene rings is 1. The van der Waals surface area contributed by atoms with Crippen LogP contribution in [-0.2, 0) is 9.59 Å². The number of nitrogens with two attached hydrogens (primary N) is 2. The van der Waals surface area contributed by atoms with Crippen LogP contribution < -0.4 is 16.8 Å². The summed E-state index contributed by atoms with van der Waals surface area (Å²) in [4.78, 5) is 22.1. The first-order chi connectivity index (χ1) is 7.59. The lowest BCUT2D eigenvalue weighted by molar-refractivity contribution is -0.119. The number of rotatable bonds is 5. The number of para-hydroxylation sites is 1. The first-order valence-electron chi connectivity index (χ1n) is 4.99. The first kappa shape index (κ1) is 12.2. The number of nitrogens with one attached hydrogen (secondary N) is 1. The van der Waals surface area contributed by atoms with Crippen molar-refractivity contribution in [2.45, 2.75) is 18.9 Å². The molecule has 0 spiro atoms. The second-order valence-corrected chi connectivity index (χ2v) is 3.47. The van der Waals surface area contributed by atoms with Crippen molar-refractivity contribution in [2.75, 3.05) is 5.32 Å². The Balaban J connectivity index is 2.43. The maximum atomic E-state index is 11.5. The Bertz CT molecular complexity index is 365. The minimum absolute atomic E-state index is 0.114. The highest BCUT2D eigenvalue weighted by molar-refractivity contribution is 5.94. The zero-order valence-electron chi connectivity index (χ0n) is 8.85. The van der Waals surface area contributed by atoms with E-state index in [9.17, 15) is 9.59 Å². The van der Waals surface area contributed by atoms with Gasteiger partial charge < -0.3 is 16.8 Å². The fourth-order valence-electron chi connectivity index (χ4n) is 1.19. The summed E-state index contributed by atoms with van der Waals surface area (Å²) in [6.45, 7) is 0. The van der Waals surface area contributed by atoms with Gasteiger partial charge in [-0.15, -0.1) is 0 Å². The van der Waals surface area contributed by atoms with E-state index < -0.39 is 11.9 Å². The molecule has 1 unspecified atom stereocenters. The van der Waals surface area contributed by atoms with Crippen LogP contribution in [0.2, 0.25) is 0 Å². The van der Waals surface area contributed by atoms with Crippen molar-refractivity contribution in [3.05, 3.63) is 30.3 Å². The third-order valence-corrected chi connectivity index (χ3v) is 2.08. The molecule has 0 aromatic heterocycles. The van der Waals surface area contributed by atoms with Crippen molar-refractivity contribution in [1.82, 2.24) is 0 Å². The topological polar surface area (TPSA) is 98.2 Å². The Hall–Kier alpha value is -1.88. The number of carbonyl (C=O) groups is 2. The molecule has 1 aromatic rings.